The van der Waals surface area contributed by atoms with Gasteiger partial charge in [-0.25, -0.2) is 8.78 Å². The minimum atomic E-state index is -0.443. The molecule has 0 fully saturated rings. The van der Waals surface area contributed by atoms with E-state index in [0.29, 0.717) is 62.7 Å². The highest BCUT2D eigenvalue weighted by molar-refractivity contribution is 6.11. The molecule has 0 aliphatic rings. The second kappa shape index (κ2) is 20.8. The summed E-state index contributed by atoms with van der Waals surface area (Å²) in [6.07, 6.45) is 2.09. The summed E-state index contributed by atoms with van der Waals surface area (Å²) in [7, 11) is 0. The van der Waals surface area contributed by atoms with Crippen LogP contribution in [0.3, 0.4) is 0 Å². The molecule has 0 bridgehead atoms. The quantitative estimate of drug-likeness (QED) is 0.107. The maximum Gasteiger partial charge on any atom is 0.147 e. The molecular weight excluding hydrogens is 1010 g/mol. The highest BCUT2D eigenvalue weighted by Gasteiger charge is 2.33. The largest absolute Gasteiger partial charge is 0.505 e. The molecule has 2 aromatic heterocycles. The molecule has 0 atom stereocenters. The lowest BCUT2D eigenvalue weighted by Gasteiger charge is -2.34. The number of fused-ring (bicyclic) bond motifs is 6. The van der Waals surface area contributed by atoms with Gasteiger partial charge in [0.05, 0.1) is 46.7 Å². The van der Waals surface area contributed by atoms with Gasteiger partial charge in [-0.2, -0.15) is 0 Å². The van der Waals surface area contributed by atoms with Crippen LogP contribution in [-0.2, 0) is 10.8 Å². The van der Waals surface area contributed by atoms with Crippen LogP contribution in [0.2, 0.25) is 0 Å². The van der Waals surface area contributed by atoms with Crippen molar-refractivity contribution in [3.05, 3.63) is 177 Å². The summed E-state index contributed by atoms with van der Waals surface area (Å²) in [6, 6.07) is 39.8. The van der Waals surface area contributed by atoms with Gasteiger partial charge in [0, 0.05) is 50.2 Å². The average Bonchev–Trinajstić information content (AvgIpc) is 3.36. The van der Waals surface area contributed by atoms with Gasteiger partial charge in [-0.15, -0.1) is 0 Å². The molecule has 8 aromatic carbocycles. The van der Waals surface area contributed by atoms with Crippen molar-refractivity contribution in [3.63, 3.8) is 0 Å². The second-order valence-electron chi connectivity index (χ2n) is 27.0. The number of rotatable bonds is 14. The highest BCUT2D eigenvalue weighted by atomic mass is 19.1. The van der Waals surface area contributed by atoms with Crippen LogP contribution in [0.5, 0.6) is 23.0 Å². The molecule has 0 unspecified atom stereocenters. The van der Waals surface area contributed by atoms with E-state index in [0.717, 1.165) is 89.8 Å². The molecule has 0 saturated heterocycles. The number of benzene rings is 8. The third kappa shape index (κ3) is 11.0. The Hall–Kier alpha value is -7.58. The predicted octanol–water partition coefficient (Wildman–Crippen LogP) is 20.0. The Morgan fingerprint density at radius 1 is 0.395 bits per heavy atom. The molecule has 2 heterocycles. The topological polar surface area (TPSA) is 68.8 Å². The fourth-order valence-electron chi connectivity index (χ4n) is 13.3. The van der Waals surface area contributed by atoms with E-state index in [1.54, 1.807) is 0 Å². The Morgan fingerprint density at radius 3 is 1.00 bits per heavy atom. The molecule has 0 spiro atoms. The van der Waals surface area contributed by atoms with Crippen molar-refractivity contribution >= 4 is 43.6 Å². The van der Waals surface area contributed by atoms with Crippen LogP contribution >= 0.6 is 0 Å². The van der Waals surface area contributed by atoms with Crippen molar-refractivity contribution < 1.29 is 28.5 Å². The number of nitrogens with zero attached hydrogens (tertiary/aromatic N) is 2. The van der Waals surface area contributed by atoms with Gasteiger partial charge < -0.3 is 28.8 Å². The van der Waals surface area contributed by atoms with E-state index in [-0.39, 0.29) is 46.4 Å². The van der Waals surface area contributed by atoms with E-state index < -0.39 is 11.6 Å². The Labute approximate surface area is 478 Å². The first-order chi connectivity index (χ1) is 38.0. The average molecular weight is 1090 g/mol. The van der Waals surface area contributed by atoms with Crippen LogP contribution in [0.1, 0.15) is 133 Å². The SMILES string of the molecule is Cc1ccc2c3ccc(C)cc3n(-c3cc(C(C)(C)CC(C)(C)C)cc(-c4cc(F)cc(C)c4OCCCOc4c(C)cc(F)cc4-c4cc(C(C)(C)CC(C)(C)C)cc(-n5c6cc(C)ccc6c6ccc(C)cc65)c4O)c3O)c2c1. The molecule has 10 aromatic rings. The lowest BCUT2D eigenvalue weighted by molar-refractivity contribution is 0.246. The van der Waals surface area contributed by atoms with Crippen molar-refractivity contribution in [2.75, 3.05) is 13.2 Å². The molecule has 0 saturated carbocycles. The maximum absolute atomic E-state index is 16.0. The lowest BCUT2D eigenvalue weighted by Crippen LogP contribution is -2.25. The van der Waals surface area contributed by atoms with Gasteiger partial charge in [0.25, 0.3) is 0 Å². The fraction of sp³-hybridized carbons (Fsp3) is 0.342. The summed E-state index contributed by atoms with van der Waals surface area (Å²) >= 11 is 0. The van der Waals surface area contributed by atoms with Gasteiger partial charge in [0.15, 0.2) is 0 Å². The number of halogens is 2. The van der Waals surface area contributed by atoms with Crippen LogP contribution in [0.15, 0.2) is 121 Å². The normalized spacial score (nSPS) is 12.7. The molecule has 0 radical (unpaired) electrons. The maximum atomic E-state index is 16.0. The number of phenols is 2. The summed E-state index contributed by atoms with van der Waals surface area (Å²) in [4.78, 5) is 0. The first-order valence-corrected chi connectivity index (χ1v) is 28.6. The molecule has 2 N–H and O–H groups in total. The molecule has 6 nitrogen and oxygen atoms in total. The molecule has 0 amide bonds. The first kappa shape index (κ1) is 56.7. The van der Waals surface area contributed by atoms with Crippen LogP contribution in [-0.4, -0.2) is 32.6 Å². The number of hydrogen-bond acceptors (Lipinski definition) is 4. The van der Waals surface area contributed by atoms with Crippen molar-refractivity contribution in [1.29, 1.82) is 0 Å². The van der Waals surface area contributed by atoms with Crippen molar-refractivity contribution in [1.82, 2.24) is 9.13 Å². The summed E-state index contributed by atoms with van der Waals surface area (Å²) < 4.78 is 49.8. The Kier molecular flexibility index (Phi) is 14.5. The molecule has 10 rings (SSSR count). The fourth-order valence-corrected chi connectivity index (χ4v) is 13.3. The summed E-state index contributed by atoms with van der Waals surface area (Å²) in [5.41, 5.74) is 13.7. The van der Waals surface area contributed by atoms with Crippen LogP contribution < -0.4 is 9.47 Å². The Bertz CT molecular complexity index is 3740. The van der Waals surface area contributed by atoms with E-state index in [9.17, 15) is 10.2 Å². The zero-order chi connectivity index (χ0) is 58.4. The number of aromatic hydroxyl groups is 2. The minimum absolute atomic E-state index is 0.0188. The molecule has 81 heavy (non-hydrogen) atoms. The van der Waals surface area contributed by atoms with E-state index in [2.05, 4.69) is 191 Å². The third-order valence-electron chi connectivity index (χ3n) is 16.2. The standard InChI is InChI=1S/C73H80F2N2O4/c1-42-18-22-52-53-23-19-43(2)29-61(53)76(60(52)28-42)64-36-48(72(13,14)40-70(7,8)9)34-56(66(64)78)58-38-50(74)32-46(5)68(58)80-26-17-27-81-69-47(6)33-51(75)39-59(69)57-35-49(73(15,16)41-71(10,11)12)37-65(67(57)79)77-62-30-44(3)20-24-54(62)55-25-21-45(4)31-63(55)77/h18-25,28-39,78-79H,17,26-27,40-41H2,1-16H3. The number of ether oxygens (including phenoxy) is 2. The predicted molar refractivity (Wildman–Crippen MR) is 334 cm³/mol. The Morgan fingerprint density at radius 2 is 0.704 bits per heavy atom. The third-order valence-corrected chi connectivity index (χ3v) is 16.2. The van der Waals surface area contributed by atoms with E-state index in [1.165, 1.54) is 24.3 Å². The molecule has 0 aliphatic carbocycles. The van der Waals surface area contributed by atoms with Gasteiger partial charge in [-0.1, -0.05) is 118 Å². The van der Waals surface area contributed by atoms with Crippen molar-refractivity contribution in [2.24, 2.45) is 10.8 Å². The van der Waals surface area contributed by atoms with Crippen molar-refractivity contribution in [3.8, 4) is 56.6 Å². The summed E-state index contributed by atoms with van der Waals surface area (Å²) in [5.74, 6) is 0.0656. The molecular formula is C73H80F2N2O4. The summed E-state index contributed by atoms with van der Waals surface area (Å²) in [5, 5.41) is 30.0. The van der Waals surface area contributed by atoms with E-state index in [4.69, 9.17) is 9.47 Å². The molecule has 420 valence electrons. The highest BCUT2D eigenvalue weighted by Crippen LogP contribution is 2.50. The number of aryl methyl sites for hydroxylation is 6. The number of phenolic OH excluding ortho intramolecular Hbond substituents is 2. The van der Waals surface area contributed by atoms with E-state index >= 15 is 8.78 Å². The van der Waals surface area contributed by atoms with Crippen molar-refractivity contribution in [2.45, 2.75) is 141 Å². The number of hydrogen-bond donors (Lipinski definition) is 2. The zero-order valence-electron chi connectivity index (χ0n) is 50.4. The van der Waals surface area contributed by atoms with Gasteiger partial charge >= 0.3 is 0 Å². The van der Waals surface area contributed by atoms with Gasteiger partial charge in [-0.3, -0.25) is 0 Å². The summed E-state index contributed by atoms with van der Waals surface area (Å²) in [6.45, 7) is 34.7. The van der Waals surface area contributed by atoms with Gasteiger partial charge in [-0.05, 0) is 193 Å². The monoisotopic (exact) mass is 1090 g/mol. The van der Waals surface area contributed by atoms with Crippen LogP contribution in [0.4, 0.5) is 8.78 Å². The molecule has 8 heteroatoms. The Balaban J connectivity index is 1.04. The van der Waals surface area contributed by atoms with Crippen LogP contribution in [0, 0.1) is 64.0 Å². The first-order valence-electron chi connectivity index (χ1n) is 28.6. The smallest absolute Gasteiger partial charge is 0.147 e. The minimum Gasteiger partial charge on any atom is -0.505 e. The second-order valence-corrected chi connectivity index (χ2v) is 27.0. The van der Waals surface area contributed by atoms with Gasteiger partial charge in [0.1, 0.15) is 34.6 Å². The zero-order valence-corrected chi connectivity index (χ0v) is 50.4. The number of aromatic nitrogens is 2. The van der Waals surface area contributed by atoms with Crippen LogP contribution in [0.25, 0.3) is 77.2 Å². The lowest BCUT2D eigenvalue weighted by atomic mass is 9.71. The van der Waals surface area contributed by atoms with Gasteiger partial charge in [0.2, 0.25) is 0 Å². The van der Waals surface area contributed by atoms with E-state index in [1.807, 2.05) is 26.0 Å². The molecule has 0 aliphatic heterocycles.